The molecule has 0 atom stereocenters. The van der Waals surface area contributed by atoms with Gasteiger partial charge in [-0.25, -0.2) is 0 Å². The highest BCUT2D eigenvalue weighted by atomic mass is 16.1. The fourth-order valence-electron chi connectivity index (χ4n) is 1.90. The maximum Gasteiger partial charge on any atom is 0.243 e. The third kappa shape index (κ3) is 23.5. The van der Waals surface area contributed by atoms with E-state index in [-0.39, 0.29) is 5.91 Å². The van der Waals surface area contributed by atoms with Crippen LogP contribution in [0.1, 0.15) is 71.1 Å². The van der Waals surface area contributed by atoms with Gasteiger partial charge in [-0.15, -0.1) is 0 Å². The molecule has 0 aromatic heterocycles. The summed E-state index contributed by atoms with van der Waals surface area (Å²) in [5, 5.41) is 2.80. The Morgan fingerprint density at radius 2 is 1.27 bits per heavy atom. The summed E-state index contributed by atoms with van der Waals surface area (Å²) >= 11 is 0. The van der Waals surface area contributed by atoms with Crippen molar-refractivity contribution in [2.45, 2.75) is 71.1 Å². The van der Waals surface area contributed by atoms with Crippen molar-refractivity contribution in [3.63, 3.8) is 0 Å². The number of nitrogens with one attached hydrogen (secondary N) is 1. The van der Waals surface area contributed by atoms with E-state index in [0.29, 0.717) is 0 Å². The molecule has 0 unspecified atom stereocenters. The lowest BCUT2D eigenvalue weighted by Gasteiger charge is -2.03. The van der Waals surface area contributed by atoms with Crippen LogP contribution in [0.25, 0.3) is 0 Å². The average molecular weight is 310 g/mol. The smallest absolute Gasteiger partial charge is 0.243 e. The highest BCUT2D eigenvalue weighted by molar-refractivity contribution is 5.86. The second-order valence-electron chi connectivity index (χ2n) is 5.28. The first-order chi connectivity index (χ1) is 10.6. The first-order valence-electron chi connectivity index (χ1n) is 8.40. The summed E-state index contributed by atoms with van der Waals surface area (Å²) in [6, 6.07) is 0. The zero-order valence-corrected chi connectivity index (χ0v) is 14.2. The fraction of sp³-hybridized carbons (Fsp3) is 0.667. The van der Waals surface area contributed by atoms with Gasteiger partial charge in [-0.05, 0) is 18.6 Å². The van der Waals surface area contributed by atoms with Crippen molar-refractivity contribution in [1.29, 1.82) is 0 Å². The zero-order chi connectivity index (χ0) is 17.1. The number of unbranched alkanes of at least 4 members (excludes halogenated alkanes) is 9. The van der Waals surface area contributed by atoms with Crippen LogP contribution in [0.5, 0.6) is 0 Å². The molecule has 0 saturated carbocycles. The maximum absolute atomic E-state index is 10.8. The molecule has 0 aliphatic carbocycles. The lowest BCUT2D eigenvalue weighted by atomic mass is 10.1. The first-order valence-corrected chi connectivity index (χ1v) is 8.40. The number of rotatable bonds is 13. The van der Waals surface area contributed by atoms with Gasteiger partial charge in [0.05, 0.1) is 0 Å². The Balaban J connectivity index is 0. The van der Waals surface area contributed by atoms with Gasteiger partial charge in [0.15, 0.2) is 0 Å². The van der Waals surface area contributed by atoms with E-state index in [2.05, 4.69) is 31.1 Å². The zero-order valence-electron chi connectivity index (χ0n) is 14.2. The molecule has 0 heterocycles. The van der Waals surface area contributed by atoms with Gasteiger partial charge in [-0.2, -0.15) is 0 Å². The normalized spacial score (nSPS) is 9.32. The molecule has 4 nitrogen and oxygen atoms in total. The van der Waals surface area contributed by atoms with E-state index in [1.807, 2.05) is 0 Å². The molecule has 0 aliphatic heterocycles. The molecular formula is C18H34N2O2. The van der Waals surface area contributed by atoms with E-state index in [0.717, 1.165) is 19.0 Å². The van der Waals surface area contributed by atoms with Crippen molar-refractivity contribution in [3.05, 3.63) is 25.3 Å². The summed E-state index contributed by atoms with van der Waals surface area (Å²) in [5.74, 6) is -0.536. The molecule has 0 spiro atoms. The minimum Gasteiger partial charge on any atom is -0.366 e. The SMILES string of the molecule is C=CC(=O)NCCCCCCCCCCCC.C=CC(N)=O. The Kier molecular flexibility index (Phi) is 20.0. The van der Waals surface area contributed by atoms with Crippen LogP contribution < -0.4 is 11.1 Å². The Hall–Kier alpha value is -1.58. The molecule has 0 aromatic rings. The summed E-state index contributed by atoms with van der Waals surface area (Å²) in [4.78, 5) is 20.3. The monoisotopic (exact) mass is 310 g/mol. The summed E-state index contributed by atoms with van der Waals surface area (Å²) in [7, 11) is 0. The van der Waals surface area contributed by atoms with Crippen molar-refractivity contribution in [2.24, 2.45) is 5.73 Å². The van der Waals surface area contributed by atoms with Crippen LogP contribution in [0.15, 0.2) is 25.3 Å². The summed E-state index contributed by atoms with van der Waals surface area (Å²) in [6.45, 7) is 9.55. The van der Waals surface area contributed by atoms with Crippen molar-refractivity contribution in [1.82, 2.24) is 5.32 Å². The summed E-state index contributed by atoms with van der Waals surface area (Å²) < 4.78 is 0. The first kappa shape index (κ1) is 22.7. The largest absolute Gasteiger partial charge is 0.366 e. The average Bonchev–Trinajstić information content (AvgIpc) is 2.52. The third-order valence-electron chi connectivity index (χ3n) is 3.22. The van der Waals surface area contributed by atoms with Gasteiger partial charge in [0.1, 0.15) is 0 Å². The molecule has 22 heavy (non-hydrogen) atoms. The van der Waals surface area contributed by atoms with Crippen LogP contribution in [0.3, 0.4) is 0 Å². The molecule has 0 aromatic carbocycles. The minimum atomic E-state index is -0.481. The van der Waals surface area contributed by atoms with Crippen LogP contribution in [0.2, 0.25) is 0 Å². The summed E-state index contributed by atoms with van der Waals surface area (Å²) in [5.41, 5.74) is 4.53. The van der Waals surface area contributed by atoms with Crippen molar-refractivity contribution in [3.8, 4) is 0 Å². The van der Waals surface area contributed by atoms with E-state index in [1.54, 1.807) is 0 Å². The van der Waals surface area contributed by atoms with Crippen LogP contribution >= 0.6 is 0 Å². The predicted octanol–water partition coefficient (Wildman–Crippen LogP) is 3.87. The van der Waals surface area contributed by atoms with Crippen molar-refractivity contribution < 1.29 is 9.59 Å². The van der Waals surface area contributed by atoms with Gasteiger partial charge < -0.3 is 11.1 Å². The molecule has 0 radical (unpaired) electrons. The van der Waals surface area contributed by atoms with E-state index < -0.39 is 5.91 Å². The highest BCUT2D eigenvalue weighted by Gasteiger charge is 1.94. The van der Waals surface area contributed by atoms with Crippen molar-refractivity contribution >= 4 is 11.8 Å². The Morgan fingerprint density at radius 1 is 0.864 bits per heavy atom. The number of carbonyl (C=O) groups excluding carboxylic acids is 2. The van der Waals surface area contributed by atoms with Crippen LogP contribution in [0, 0.1) is 0 Å². The molecule has 0 bridgehead atoms. The van der Waals surface area contributed by atoms with Crippen molar-refractivity contribution in [2.75, 3.05) is 6.54 Å². The maximum atomic E-state index is 10.8. The second kappa shape index (κ2) is 19.4. The second-order valence-corrected chi connectivity index (χ2v) is 5.28. The molecule has 128 valence electrons. The molecule has 3 N–H and O–H groups in total. The van der Waals surface area contributed by atoms with E-state index >= 15 is 0 Å². The summed E-state index contributed by atoms with van der Waals surface area (Å²) in [6.07, 6.45) is 15.7. The number of carbonyl (C=O) groups is 2. The molecule has 0 fully saturated rings. The van der Waals surface area contributed by atoms with E-state index in [1.165, 1.54) is 63.9 Å². The van der Waals surface area contributed by atoms with Gasteiger partial charge in [0.25, 0.3) is 0 Å². The Morgan fingerprint density at radius 3 is 1.64 bits per heavy atom. The minimum absolute atomic E-state index is 0.0547. The number of amides is 2. The molecule has 0 rings (SSSR count). The van der Waals surface area contributed by atoms with Gasteiger partial charge in [0, 0.05) is 6.54 Å². The van der Waals surface area contributed by atoms with E-state index in [9.17, 15) is 9.59 Å². The topological polar surface area (TPSA) is 72.2 Å². The van der Waals surface area contributed by atoms with Gasteiger partial charge in [-0.3, -0.25) is 9.59 Å². The third-order valence-corrected chi connectivity index (χ3v) is 3.22. The van der Waals surface area contributed by atoms with Gasteiger partial charge in [-0.1, -0.05) is 77.9 Å². The standard InChI is InChI=1S/C15H29NO.C3H5NO/c1-3-5-6-7-8-9-10-11-12-13-14-16-15(17)4-2;1-2-3(4)5/h4H,2-3,5-14H2,1H3,(H,16,17);2H,1H2,(H2,4,5). The van der Waals surface area contributed by atoms with E-state index in [4.69, 9.17) is 0 Å². The molecule has 0 saturated heterocycles. The number of primary amides is 1. The lowest BCUT2D eigenvalue weighted by molar-refractivity contribution is -0.116. The van der Waals surface area contributed by atoms with Gasteiger partial charge in [0.2, 0.25) is 11.8 Å². The predicted molar refractivity (Wildman–Crippen MR) is 94.4 cm³/mol. The molecule has 2 amide bonds. The quantitative estimate of drug-likeness (QED) is 0.400. The van der Waals surface area contributed by atoms with Crippen LogP contribution in [-0.2, 0) is 9.59 Å². The van der Waals surface area contributed by atoms with Crippen LogP contribution in [-0.4, -0.2) is 18.4 Å². The number of nitrogens with two attached hydrogens (primary N) is 1. The lowest BCUT2D eigenvalue weighted by Crippen LogP contribution is -2.21. The van der Waals surface area contributed by atoms with Gasteiger partial charge >= 0.3 is 0 Å². The fourth-order valence-corrected chi connectivity index (χ4v) is 1.90. The molecule has 0 aliphatic rings. The Labute approximate surface area is 136 Å². The Bertz CT molecular complexity index is 301. The molecular weight excluding hydrogens is 276 g/mol. The number of hydrogen-bond donors (Lipinski definition) is 2. The highest BCUT2D eigenvalue weighted by Crippen LogP contribution is 2.10. The molecule has 4 heteroatoms. The van der Waals surface area contributed by atoms with Crippen LogP contribution in [0.4, 0.5) is 0 Å². The number of hydrogen-bond acceptors (Lipinski definition) is 2.